The monoisotopic (exact) mass is 296 g/mol. The highest BCUT2D eigenvalue weighted by atomic mass is 32.2. The Morgan fingerprint density at radius 3 is 2.85 bits per heavy atom. The number of benzene rings is 1. The molecule has 0 bridgehead atoms. The SMILES string of the molecule is Cc1ccc(S(=O)(=O)NCCc2ncon2)cc1CN. The van der Waals surface area contributed by atoms with Gasteiger partial charge in [-0.3, -0.25) is 0 Å². The summed E-state index contributed by atoms with van der Waals surface area (Å²) in [6, 6.07) is 4.90. The fraction of sp³-hybridized carbons (Fsp3) is 0.333. The second-order valence-corrected chi connectivity index (χ2v) is 6.05. The van der Waals surface area contributed by atoms with Gasteiger partial charge in [0.05, 0.1) is 4.90 Å². The van der Waals surface area contributed by atoms with E-state index in [2.05, 4.69) is 19.4 Å². The topological polar surface area (TPSA) is 111 Å². The van der Waals surface area contributed by atoms with E-state index in [9.17, 15) is 8.42 Å². The molecule has 0 atom stereocenters. The third-order valence-electron chi connectivity index (χ3n) is 2.90. The maximum absolute atomic E-state index is 12.1. The van der Waals surface area contributed by atoms with Gasteiger partial charge in [0, 0.05) is 19.5 Å². The van der Waals surface area contributed by atoms with Crippen LogP contribution in [0.25, 0.3) is 0 Å². The van der Waals surface area contributed by atoms with Crippen LogP contribution in [0.15, 0.2) is 34.0 Å². The number of hydrogen-bond acceptors (Lipinski definition) is 6. The molecule has 1 aromatic carbocycles. The molecule has 1 heterocycles. The summed E-state index contributed by atoms with van der Waals surface area (Å²) < 4.78 is 31.3. The molecule has 0 fully saturated rings. The van der Waals surface area contributed by atoms with Crippen molar-refractivity contribution in [3.05, 3.63) is 41.5 Å². The van der Waals surface area contributed by atoms with Gasteiger partial charge in [0.2, 0.25) is 16.4 Å². The van der Waals surface area contributed by atoms with E-state index < -0.39 is 10.0 Å². The van der Waals surface area contributed by atoms with Crippen LogP contribution in [0.5, 0.6) is 0 Å². The summed E-state index contributed by atoms with van der Waals surface area (Å²) in [4.78, 5) is 4.02. The average molecular weight is 296 g/mol. The predicted molar refractivity (Wildman–Crippen MR) is 72.3 cm³/mol. The van der Waals surface area contributed by atoms with E-state index in [1.165, 1.54) is 6.39 Å². The van der Waals surface area contributed by atoms with Crippen LogP contribution in [0.4, 0.5) is 0 Å². The van der Waals surface area contributed by atoms with Crippen molar-refractivity contribution >= 4 is 10.0 Å². The molecule has 0 aliphatic heterocycles. The Hall–Kier alpha value is -1.77. The largest absolute Gasteiger partial charge is 0.343 e. The third kappa shape index (κ3) is 3.41. The van der Waals surface area contributed by atoms with Crippen molar-refractivity contribution in [2.45, 2.75) is 24.8 Å². The zero-order chi connectivity index (χ0) is 14.6. The number of nitrogens with two attached hydrogens (primary N) is 1. The Morgan fingerprint density at radius 2 is 2.20 bits per heavy atom. The Labute approximate surface area is 117 Å². The molecule has 2 aromatic rings. The third-order valence-corrected chi connectivity index (χ3v) is 4.36. The Kier molecular flexibility index (Phi) is 4.48. The Balaban J connectivity index is 2.06. The molecule has 8 heteroatoms. The van der Waals surface area contributed by atoms with Gasteiger partial charge in [0.1, 0.15) is 0 Å². The summed E-state index contributed by atoms with van der Waals surface area (Å²) in [7, 11) is -3.55. The van der Waals surface area contributed by atoms with Gasteiger partial charge in [-0.2, -0.15) is 4.98 Å². The number of hydrogen-bond donors (Lipinski definition) is 2. The standard InChI is InChI=1S/C12H16N4O3S/c1-9-2-3-11(6-10(9)7-13)20(17,18)15-5-4-12-14-8-19-16-12/h2-3,6,8,15H,4-5,7,13H2,1H3. The normalized spacial score (nSPS) is 11.7. The Bertz CT molecular complexity index is 668. The highest BCUT2D eigenvalue weighted by molar-refractivity contribution is 7.89. The van der Waals surface area contributed by atoms with E-state index in [1.54, 1.807) is 18.2 Å². The van der Waals surface area contributed by atoms with Gasteiger partial charge in [-0.15, -0.1) is 0 Å². The maximum atomic E-state index is 12.1. The zero-order valence-corrected chi connectivity index (χ0v) is 11.9. The summed E-state index contributed by atoms with van der Waals surface area (Å²) in [6.07, 6.45) is 1.57. The van der Waals surface area contributed by atoms with Crippen molar-refractivity contribution in [2.75, 3.05) is 6.54 Å². The van der Waals surface area contributed by atoms with E-state index in [0.29, 0.717) is 18.8 Å². The average Bonchev–Trinajstić information content (AvgIpc) is 2.92. The molecule has 0 radical (unpaired) electrons. The van der Waals surface area contributed by atoms with E-state index in [4.69, 9.17) is 5.73 Å². The van der Waals surface area contributed by atoms with Crippen LogP contribution >= 0.6 is 0 Å². The van der Waals surface area contributed by atoms with Gasteiger partial charge in [-0.05, 0) is 30.2 Å². The van der Waals surface area contributed by atoms with Gasteiger partial charge < -0.3 is 10.3 Å². The highest BCUT2D eigenvalue weighted by Crippen LogP contribution is 2.15. The van der Waals surface area contributed by atoms with Crippen LogP contribution in [0.1, 0.15) is 17.0 Å². The molecule has 0 aliphatic rings. The van der Waals surface area contributed by atoms with Gasteiger partial charge in [-0.25, -0.2) is 13.1 Å². The van der Waals surface area contributed by atoms with Crippen molar-refractivity contribution < 1.29 is 12.9 Å². The molecule has 0 aliphatic carbocycles. The van der Waals surface area contributed by atoms with Gasteiger partial charge in [0.25, 0.3) is 0 Å². The van der Waals surface area contributed by atoms with Crippen LogP contribution in [0.2, 0.25) is 0 Å². The van der Waals surface area contributed by atoms with E-state index >= 15 is 0 Å². The van der Waals surface area contributed by atoms with Gasteiger partial charge in [-0.1, -0.05) is 11.2 Å². The van der Waals surface area contributed by atoms with Crippen LogP contribution in [0.3, 0.4) is 0 Å². The van der Waals surface area contributed by atoms with Gasteiger partial charge in [0.15, 0.2) is 5.82 Å². The first-order chi connectivity index (χ1) is 9.53. The summed E-state index contributed by atoms with van der Waals surface area (Å²) >= 11 is 0. The molecule has 0 amide bonds. The molecule has 0 saturated heterocycles. The first kappa shape index (κ1) is 14.6. The first-order valence-corrected chi connectivity index (χ1v) is 7.56. The van der Waals surface area contributed by atoms with Crippen LogP contribution < -0.4 is 10.5 Å². The smallest absolute Gasteiger partial charge is 0.240 e. The lowest BCUT2D eigenvalue weighted by Gasteiger charge is -2.09. The van der Waals surface area contributed by atoms with Crippen molar-refractivity contribution in [3.63, 3.8) is 0 Å². The van der Waals surface area contributed by atoms with E-state index in [-0.39, 0.29) is 11.4 Å². The second-order valence-electron chi connectivity index (χ2n) is 4.29. The molecule has 2 rings (SSSR count). The molecule has 3 N–H and O–H groups in total. The minimum atomic E-state index is -3.55. The molecular weight excluding hydrogens is 280 g/mol. The number of rotatable bonds is 6. The molecule has 20 heavy (non-hydrogen) atoms. The van der Waals surface area contributed by atoms with Crippen molar-refractivity contribution in [1.29, 1.82) is 0 Å². The quantitative estimate of drug-likeness (QED) is 0.796. The summed E-state index contributed by atoms with van der Waals surface area (Å²) in [5.41, 5.74) is 7.37. The minimum Gasteiger partial charge on any atom is -0.343 e. The number of aromatic nitrogens is 2. The number of nitrogens with one attached hydrogen (secondary N) is 1. The summed E-state index contributed by atoms with van der Waals surface area (Å²) in [5.74, 6) is 0.458. The van der Waals surface area contributed by atoms with Crippen molar-refractivity contribution in [3.8, 4) is 0 Å². The molecule has 0 unspecified atom stereocenters. The predicted octanol–water partition coefficient (Wildman–Crippen LogP) is 0.358. The number of sulfonamides is 1. The fourth-order valence-corrected chi connectivity index (χ4v) is 2.80. The van der Waals surface area contributed by atoms with Crippen LogP contribution in [-0.2, 0) is 23.0 Å². The lowest BCUT2D eigenvalue weighted by molar-refractivity contribution is 0.410. The second kappa shape index (κ2) is 6.12. The summed E-state index contributed by atoms with van der Waals surface area (Å²) in [6.45, 7) is 2.40. The molecule has 0 saturated carbocycles. The maximum Gasteiger partial charge on any atom is 0.240 e. The molecule has 7 nitrogen and oxygen atoms in total. The number of aryl methyl sites for hydroxylation is 1. The zero-order valence-electron chi connectivity index (χ0n) is 11.0. The lowest BCUT2D eigenvalue weighted by Crippen LogP contribution is -2.26. The first-order valence-electron chi connectivity index (χ1n) is 6.07. The minimum absolute atomic E-state index is 0.202. The van der Waals surface area contributed by atoms with Gasteiger partial charge >= 0.3 is 0 Å². The van der Waals surface area contributed by atoms with Crippen LogP contribution in [0, 0.1) is 6.92 Å². The Morgan fingerprint density at radius 1 is 1.40 bits per heavy atom. The molecule has 1 aromatic heterocycles. The fourth-order valence-electron chi connectivity index (χ4n) is 1.72. The van der Waals surface area contributed by atoms with Crippen LogP contribution in [-0.4, -0.2) is 25.1 Å². The van der Waals surface area contributed by atoms with Crippen molar-refractivity contribution in [1.82, 2.24) is 14.9 Å². The summed E-state index contributed by atoms with van der Waals surface area (Å²) in [5, 5.41) is 3.61. The molecular formula is C12H16N4O3S. The number of nitrogens with zero attached hydrogens (tertiary/aromatic N) is 2. The van der Waals surface area contributed by atoms with Crippen molar-refractivity contribution in [2.24, 2.45) is 5.73 Å². The van der Waals surface area contributed by atoms with E-state index in [1.807, 2.05) is 6.92 Å². The lowest BCUT2D eigenvalue weighted by atomic mass is 10.1. The molecule has 108 valence electrons. The molecule has 0 spiro atoms. The van der Waals surface area contributed by atoms with E-state index in [0.717, 1.165) is 11.1 Å². The highest BCUT2D eigenvalue weighted by Gasteiger charge is 2.15.